The minimum Gasteiger partial charge on any atom is -0.478 e. The van der Waals surface area contributed by atoms with Gasteiger partial charge in [-0.3, -0.25) is 10.1 Å². The van der Waals surface area contributed by atoms with Gasteiger partial charge < -0.3 is 10.4 Å². The highest BCUT2D eigenvalue weighted by Gasteiger charge is 2.21. The maximum absolute atomic E-state index is 12.0. The van der Waals surface area contributed by atoms with Crippen molar-refractivity contribution in [2.24, 2.45) is 0 Å². The fourth-order valence-corrected chi connectivity index (χ4v) is 2.56. The third-order valence-electron chi connectivity index (χ3n) is 2.52. The highest BCUT2D eigenvalue weighted by Crippen LogP contribution is 2.26. The number of aromatic carboxylic acids is 1. The molecule has 3 N–H and O–H groups in total. The van der Waals surface area contributed by atoms with Crippen LogP contribution < -0.4 is 10.6 Å². The summed E-state index contributed by atoms with van der Waals surface area (Å²) in [5, 5.41) is 13.4. The predicted octanol–water partition coefficient (Wildman–Crippen LogP) is 2.49. The normalized spacial score (nSPS) is 12.4. The maximum atomic E-state index is 12.0. The molecular weight excluding hydrogens is 304 g/mol. The van der Waals surface area contributed by atoms with Gasteiger partial charge in [0, 0.05) is 10.4 Å². The van der Waals surface area contributed by atoms with Crippen LogP contribution in [0.25, 0.3) is 0 Å². The first-order valence-electron chi connectivity index (χ1n) is 6.72. The lowest BCUT2D eigenvalue weighted by Crippen LogP contribution is -2.49. The topological polar surface area (TPSA) is 95.5 Å². The average Bonchev–Trinajstić information content (AvgIpc) is 2.36. The van der Waals surface area contributed by atoms with E-state index < -0.39 is 28.7 Å². The van der Waals surface area contributed by atoms with Crippen LogP contribution in [0.15, 0.2) is 29.2 Å². The van der Waals surface area contributed by atoms with E-state index in [1.54, 1.807) is 45.9 Å². The molecule has 1 unspecified atom stereocenters. The van der Waals surface area contributed by atoms with Crippen molar-refractivity contribution in [1.29, 1.82) is 0 Å². The standard InChI is InChI=1S/C15H20N2O4S/c1-9(12(18)16-14(21)17-15(2,3)4)22-11-8-6-5-7-10(11)13(19)20/h5-9H,1-4H3,(H,19,20)(H2,16,17,18,21). The smallest absolute Gasteiger partial charge is 0.336 e. The van der Waals surface area contributed by atoms with Crippen LogP contribution in [0.4, 0.5) is 4.79 Å². The second-order valence-electron chi connectivity index (χ2n) is 5.75. The van der Waals surface area contributed by atoms with Crippen LogP contribution in [-0.4, -0.2) is 33.8 Å². The van der Waals surface area contributed by atoms with E-state index in [0.29, 0.717) is 4.90 Å². The van der Waals surface area contributed by atoms with Crippen molar-refractivity contribution in [2.45, 2.75) is 43.4 Å². The van der Waals surface area contributed by atoms with E-state index in [2.05, 4.69) is 10.6 Å². The van der Waals surface area contributed by atoms with Gasteiger partial charge in [0.15, 0.2) is 0 Å². The van der Waals surface area contributed by atoms with Crippen LogP contribution in [0, 0.1) is 0 Å². The molecule has 3 amide bonds. The highest BCUT2D eigenvalue weighted by molar-refractivity contribution is 8.00. The fourth-order valence-electron chi connectivity index (χ4n) is 1.58. The van der Waals surface area contributed by atoms with Gasteiger partial charge in [0.1, 0.15) is 0 Å². The van der Waals surface area contributed by atoms with Crippen LogP contribution >= 0.6 is 11.8 Å². The number of carbonyl (C=O) groups excluding carboxylic acids is 2. The molecular formula is C15H20N2O4S. The first kappa shape index (κ1) is 18.0. The third kappa shape index (κ3) is 5.77. The molecule has 0 spiro atoms. The first-order chi connectivity index (χ1) is 10.1. The van der Waals surface area contributed by atoms with Crippen molar-refractivity contribution in [1.82, 2.24) is 10.6 Å². The van der Waals surface area contributed by atoms with Gasteiger partial charge in [0.05, 0.1) is 10.8 Å². The van der Waals surface area contributed by atoms with Crippen LogP contribution in [0.5, 0.6) is 0 Å². The average molecular weight is 324 g/mol. The number of imide groups is 1. The van der Waals surface area contributed by atoms with Gasteiger partial charge in [-0.15, -0.1) is 11.8 Å². The monoisotopic (exact) mass is 324 g/mol. The fraction of sp³-hybridized carbons (Fsp3) is 0.400. The number of hydrogen-bond acceptors (Lipinski definition) is 4. The number of carboxylic acid groups (broad SMARTS) is 1. The summed E-state index contributed by atoms with van der Waals surface area (Å²) in [6.45, 7) is 7.03. The Hall–Kier alpha value is -2.02. The second-order valence-corrected chi connectivity index (χ2v) is 7.14. The zero-order valence-electron chi connectivity index (χ0n) is 13.0. The number of nitrogens with one attached hydrogen (secondary N) is 2. The van der Waals surface area contributed by atoms with E-state index in [9.17, 15) is 14.4 Å². The minimum absolute atomic E-state index is 0.131. The van der Waals surface area contributed by atoms with Crippen molar-refractivity contribution in [3.05, 3.63) is 29.8 Å². The molecule has 0 aliphatic heterocycles. The minimum atomic E-state index is -1.05. The van der Waals surface area contributed by atoms with Crippen LogP contribution in [0.3, 0.4) is 0 Å². The molecule has 1 aromatic carbocycles. The first-order valence-corrected chi connectivity index (χ1v) is 7.60. The number of thioether (sulfide) groups is 1. The Bertz CT molecular complexity index is 581. The molecule has 1 aromatic rings. The van der Waals surface area contributed by atoms with Gasteiger partial charge in [0.2, 0.25) is 5.91 Å². The van der Waals surface area contributed by atoms with Gasteiger partial charge in [-0.2, -0.15) is 0 Å². The molecule has 0 saturated carbocycles. The predicted molar refractivity (Wildman–Crippen MR) is 85.1 cm³/mol. The molecule has 6 nitrogen and oxygen atoms in total. The van der Waals surface area contributed by atoms with Gasteiger partial charge in [0.25, 0.3) is 0 Å². The number of urea groups is 1. The number of carbonyl (C=O) groups is 3. The zero-order valence-corrected chi connectivity index (χ0v) is 13.8. The molecule has 7 heteroatoms. The van der Waals surface area contributed by atoms with Crippen molar-refractivity contribution in [3.63, 3.8) is 0 Å². The molecule has 0 aromatic heterocycles. The maximum Gasteiger partial charge on any atom is 0.336 e. The van der Waals surface area contributed by atoms with E-state index in [-0.39, 0.29) is 5.56 Å². The number of rotatable bonds is 4. The second kappa shape index (κ2) is 7.31. The Morgan fingerprint density at radius 2 is 1.77 bits per heavy atom. The summed E-state index contributed by atoms with van der Waals surface area (Å²) in [5.74, 6) is -1.53. The summed E-state index contributed by atoms with van der Waals surface area (Å²) >= 11 is 1.09. The molecule has 0 aliphatic carbocycles. The lowest BCUT2D eigenvalue weighted by atomic mass is 10.1. The molecule has 22 heavy (non-hydrogen) atoms. The molecule has 1 atom stereocenters. The molecule has 0 saturated heterocycles. The largest absolute Gasteiger partial charge is 0.478 e. The van der Waals surface area contributed by atoms with E-state index in [1.165, 1.54) is 6.07 Å². The van der Waals surface area contributed by atoms with Crippen molar-refractivity contribution in [3.8, 4) is 0 Å². The summed E-state index contributed by atoms with van der Waals surface area (Å²) in [6.07, 6.45) is 0. The molecule has 1 rings (SSSR count). The Kier molecular flexibility index (Phi) is 5.99. The molecule has 0 heterocycles. The molecule has 0 bridgehead atoms. The van der Waals surface area contributed by atoms with E-state index in [1.807, 2.05) is 0 Å². The molecule has 0 radical (unpaired) electrons. The summed E-state index contributed by atoms with van der Waals surface area (Å²) in [6, 6.07) is 5.85. The Labute approximate surface area is 133 Å². The highest BCUT2D eigenvalue weighted by atomic mass is 32.2. The van der Waals surface area contributed by atoms with Gasteiger partial charge >= 0.3 is 12.0 Å². The summed E-state index contributed by atoms with van der Waals surface area (Å²) in [5.41, 5.74) is -0.317. The quantitative estimate of drug-likeness (QED) is 0.740. The van der Waals surface area contributed by atoms with Crippen molar-refractivity contribution < 1.29 is 19.5 Å². The number of hydrogen-bond donors (Lipinski definition) is 3. The summed E-state index contributed by atoms with van der Waals surface area (Å²) in [4.78, 5) is 35.2. The Balaban J connectivity index is 2.69. The van der Waals surface area contributed by atoms with Crippen LogP contribution in [0.2, 0.25) is 0 Å². The number of carboxylic acids is 1. The number of amides is 3. The third-order valence-corrected chi connectivity index (χ3v) is 3.69. The summed E-state index contributed by atoms with van der Waals surface area (Å²) < 4.78 is 0. The lowest BCUT2D eigenvalue weighted by Gasteiger charge is -2.21. The molecule has 0 fully saturated rings. The van der Waals surface area contributed by atoms with Gasteiger partial charge in [-0.1, -0.05) is 12.1 Å². The Morgan fingerprint density at radius 1 is 1.18 bits per heavy atom. The van der Waals surface area contributed by atoms with Gasteiger partial charge in [-0.05, 0) is 39.8 Å². The lowest BCUT2D eigenvalue weighted by molar-refractivity contribution is -0.119. The number of benzene rings is 1. The van der Waals surface area contributed by atoms with Crippen LogP contribution in [0.1, 0.15) is 38.1 Å². The van der Waals surface area contributed by atoms with Gasteiger partial charge in [-0.25, -0.2) is 9.59 Å². The Morgan fingerprint density at radius 3 is 2.32 bits per heavy atom. The summed E-state index contributed by atoms with van der Waals surface area (Å²) in [7, 11) is 0. The van der Waals surface area contributed by atoms with Crippen molar-refractivity contribution >= 4 is 29.7 Å². The van der Waals surface area contributed by atoms with E-state index in [0.717, 1.165) is 11.8 Å². The van der Waals surface area contributed by atoms with E-state index >= 15 is 0 Å². The van der Waals surface area contributed by atoms with Crippen LogP contribution in [-0.2, 0) is 4.79 Å². The molecule has 0 aliphatic rings. The zero-order chi connectivity index (χ0) is 16.9. The SMILES string of the molecule is CC(Sc1ccccc1C(=O)O)C(=O)NC(=O)NC(C)(C)C. The van der Waals surface area contributed by atoms with Crippen molar-refractivity contribution in [2.75, 3.05) is 0 Å². The van der Waals surface area contributed by atoms with E-state index in [4.69, 9.17) is 5.11 Å². The molecule has 120 valence electrons.